The Bertz CT molecular complexity index is 3200. The summed E-state index contributed by atoms with van der Waals surface area (Å²) in [5.41, 5.74) is 12.3. The highest BCUT2D eigenvalue weighted by Crippen LogP contribution is 2.47. The van der Waals surface area contributed by atoms with E-state index in [1.165, 1.54) is 64.3 Å². The molecule has 2 nitrogen and oxygen atoms in total. The number of hydrogen-bond acceptors (Lipinski definition) is 3. The number of furan rings is 1. The summed E-state index contributed by atoms with van der Waals surface area (Å²) in [5.74, 6) is 0. The zero-order valence-corrected chi connectivity index (χ0v) is 30.6. The van der Waals surface area contributed by atoms with Gasteiger partial charge in [0.2, 0.25) is 0 Å². The molecule has 11 rings (SSSR count). The van der Waals surface area contributed by atoms with Crippen molar-refractivity contribution in [3.05, 3.63) is 200 Å². The molecular formula is C52H33NOS. The molecule has 0 aliphatic heterocycles. The molecule has 0 saturated heterocycles. The first-order valence-corrected chi connectivity index (χ1v) is 19.5. The average molecular weight is 720 g/mol. The fourth-order valence-electron chi connectivity index (χ4n) is 8.28. The van der Waals surface area contributed by atoms with Crippen molar-refractivity contribution in [2.75, 3.05) is 4.90 Å². The predicted octanol–water partition coefficient (Wildman–Crippen LogP) is 15.6. The van der Waals surface area contributed by atoms with Crippen LogP contribution in [0.2, 0.25) is 0 Å². The van der Waals surface area contributed by atoms with Crippen molar-refractivity contribution in [2.24, 2.45) is 0 Å². The van der Waals surface area contributed by atoms with E-state index in [4.69, 9.17) is 4.42 Å². The van der Waals surface area contributed by atoms with Crippen LogP contribution in [0.1, 0.15) is 0 Å². The van der Waals surface area contributed by atoms with E-state index in [-0.39, 0.29) is 0 Å². The number of para-hydroxylation sites is 1. The fourth-order valence-corrected chi connectivity index (χ4v) is 9.51. The lowest BCUT2D eigenvalue weighted by Gasteiger charge is -2.27. The molecule has 3 heteroatoms. The van der Waals surface area contributed by atoms with Crippen molar-refractivity contribution in [1.82, 2.24) is 0 Å². The van der Waals surface area contributed by atoms with Crippen LogP contribution in [-0.4, -0.2) is 0 Å². The lowest BCUT2D eigenvalue weighted by atomic mass is 9.90. The summed E-state index contributed by atoms with van der Waals surface area (Å²) in [6.45, 7) is 0. The second-order valence-electron chi connectivity index (χ2n) is 14.1. The second-order valence-corrected chi connectivity index (χ2v) is 15.1. The molecule has 0 fully saturated rings. The van der Waals surface area contributed by atoms with Crippen LogP contribution in [0.5, 0.6) is 0 Å². The van der Waals surface area contributed by atoms with Gasteiger partial charge in [-0.25, -0.2) is 0 Å². The molecule has 2 heterocycles. The van der Waals surface area contributed by atoms with E-state index in [0.717, 1.165) is 39.0 Å². The predicted molar refractivity (Wildman–Crippen MR) is 235 cm³/mol. The molecule has 0 aliphatic rings. The van der Waals surface area contributed by atoms with E-state index in [0.29, 0.717) is 0 Å². The number of thiophene rings is 1. The first-order valence-electron chi connectivity index (χ1n) is 18.7. The van der Waals surface area contributed by atoms with E-state index in [2.05, 4.69) is 193 Å². The molecule has 0 spiro atoms. The third kappa shape index (κ3) is 5.32. The second kappa shape index (κ2) is 12.9. The van der Waals surface area contributed by atoms with Gasteiger partial charge in [-0.2, -0.15) is 0 Å². The number of rotatable bonds is 6. The standard InChI is InChI=1S/C52H33NOS/c1-2-12-34(13-3-1)35-24-26-37(27-25-35)53(39-29-31-50-48(33-39)43-17-6-8-22-49(43)54-50)38-28-30-42(41-19-10-15-36-14-4-5-16-40(36)41)47(32-38)46-21-11-20-45-44-18-7-9-23-51(44)55-52(45)46/h1-33H. The first-order chi connectivity index (χ1) is 27.3. The van der Waals surface area contributed by atoms with Crippen LogP contribution >= 0.6 is 11.3 Å². The van der Waals surface area contributed by atoms with Gasteiger partial charge in [-0.3, -0.25) is 0 Å². The highest BCUT2D eigenvalue weighted by Gasteiger charge is 2.21. The topological polar surface area (TPSA) is 16.4 Å². The molecule has 0 atom stereocenters. The third-order valence-electron chi connectivity index (χ3n) is 10.9. The van der Waals surface area contributed by atoms with Gasteiger partial charge < -0.3 is 9.32 Å². The number of nitrogens with zero attached hydrogens (tertiary/aromatic N) is 1. The van der Waals surface area contributed by atoms with Crippen molar-refractivity contribution >= 4 is 81.3 Å². The van der Waals surface area contributed by atoms with Crippen molar-refractivity contribution in [3.8, 4) is 33.4 Å². The summed E-state index contributed by atoms with van der Waals surface area (Å²) in [6, 6.07) is 72.3. The molecule has 0 unspecified atom stereocenters. The molecule has 0 N–H and O–H groups in total. The molecule has 0 radical (unpaired) electrons. The Kier molecular flexibility index (Phi) is 7.39. The Morgan fingerprint density at radius 1 is 0.345 bits per heavy atom. The minimum atomic E-state index is 0.882. The molecule has 0 aliphatic carbocycles. The highest BCUT2D eigenvalue weighted by atomic mass is 32.1. The number of benzene rings is 9. The summed E-state index contributed by atoms with van der Waals surface area (Å²) in [7, 11) is 0. The van der Waals surface area contributed by atoms with E-state index >= 15 is 0 Å². The summed E-state index contributed by atoms with van der Waals surface area (Å²) < 4.78 is 8.89. The van der Waals surface area contributed by atoms with Gasteiger partial charge in [0.25, 0.3) is 0 Å². The smallest absolute Gasteiger partial charge is 0.135 e. The van der Waals surface area contributed by atoms with Gasteiger partial charge in [0.1, 0.15) is 11.2 Å². The fraction of sp³-hybridized carbons (Fsp3) is 0. The summed E-state index contributed by atoms with van der Waals surface area (Å²) in [5, 5.41) is 7.28. The largest absolute Gasteiger partial charge is 0.456 e. The summed E-state index contributed by atoms with van der Waals surface area (Å²) in [4.78, 5) is 2.39. The maximum atomic E-state index is 6.29. The quantitative estimate of drug-likeness (QED) is 0.170. The van der Waals surface area contributed by atoms with E-state index in [1.807, 2.05) is 23.5 Å². The van der Waals surface area contributed by atoms with Crippen LogP contribution in [-0.2, 0) is 0 Å². The van der Waals surface area contributed by atoms with Gasteiger partial charge in [0.05, 0.1) is 0 Å². The maximum absolute atomic E-state index is 6.29. The van der Waals surface area contributed by atoms with Gasteiger partial charge in [-0.05, 0) is 93.2 Å². The molecule has 11 aromatic rings. The zero-order chi connectivity index (χ0) is 36.3. The molecule has 258 valence electrons. The Morgan fingerprint density at radius 2 is 0.964 bits per heavy atom. The molecule has 0 bridgehead atoms. The van der Waals surface area contributed by atoms with Gasteiger partial charge in [-0.15, -0.1) is 11.3 Å². The molecule has 55 heavy (non-hydrogen) atoms. The summed E-state index contributed by atoms with van der Waals surface area (Å²) in [6.07, 6.45) is 0. The van der Waals surface area contributed by atoms with Crippen LogP contribution in [0, 0.1) is 0 Å². The van der Waals surface area contributed by atoms with Crippen LogP contribution in [0.4, 0.5) is 17.1 Å². The van der Waals surface area contributed by atoms with Crippen LogP contribution in [0.3, 0.4) is 0 Å². The summed E-state index contributed by atoms with van der Waals surface area (Å²) >= 11 is 1.88. The average Bonchev–Trinajstić information content (AvgIpc) is 3.83. The number of anilines is 3. The Balaban J connectivity index is 1.17. The molecule has 2 aromatic heterocycles. The van der Waals surface area contributed by atoms with Crippen molar-refractivity contribution in [2.45, 2.75) is 0 Å². The molecule has 0 amide bonds. The van der Waals surface area contributed by atoms with Crippen LogP contribution in [0.25, 0.3) is 86.3 Å². The maximum Gasteiger partial charge on any atom is 0.135 e. The van der Waals surface area contributed by atoms with Crippen LogP contribution in [0.15, 0.2) is 205 Å². The Labute approximate surface area is 322 Å². The van der Waals surface area contributed by atoms with Crippen molar-refractivity contribution in [3.63, 3.8) is 0 Å². The lowest BCUT2D eigenvalue weighted by molar-refractivity contribution is 0.669. The minimum Gasteiger partial charge on any atom is -0.456 e. The Hall–Kier alpha value is -6.94. The highest BCUT2D eigenvalue weighted by molar-refractivity contribution is 7.26. The van der Waals surface area contributed by atoms with Gasteiger partial charge >= 0.3 is 0 Å². The monoisotopic (exact) mass is 719 g/mol. The zero-order valence-electron chi connectivity index (χ0n) is 29.8. The molecular weight excluding hydrogens is 687 g/mol. The van der Waals surface area contributed by atoms with Crippen molar-refractivity contribution < 1.29 is 4.42 Å². The Morgan fingerprint density at radius 3 is 1.85 bits per heavy atom. The number of fused-ring (bicyclic) bond motifs is 7. The van der Waals surface area contributed by atoms with E-state index in [1.54, 1.807) is 0 Å². The molecule has 9 aromatic carbocycles. The first kappa shape index (κ1) is 31.6. The lowest BCUT2D eigenvalue weighted by Crippen LogP contribution is -2.10. The van der Waals surface area contributed by atoms with E-state index in [9.17, 15) is 0 Å². The normalized spacial score (nSPS) is 11.6. The third-order valence-corrected chi connectivity index (χ3v) is 12.1. The SMILES string of the molecule is c1ccc(-c2ccc(N(c3ccc(-c4cccc5ccccc45)c(-c4cccc5c4sc4ccccc45)c3)c3ccc4oc5ccccc5c4c3)cc2)cc1. The number of hydrogen-bond donors (Lipinski definition) is 0. The molecule has 0 saturated carbocycles. The minimum absolute atomic E-state index is 0.882. The van der Waals surface area contributed by atoms with Crippen LogP contribution < -0.4 is 4.90 Å². The van der Waals surface area contributed by atoms with Gasteiger partial charge in [0.15, 0.2) is 0 Å². The van der Waals surface area contributed by atoms with Crippen molar-refractivity contribution in [1.29, 1.82) is 0 Å². The van der Waals surface area contributed by atoms with Gasteiger partial charge in [0, 0.05) is 53.6 Å². The van der Waals surface area contributed by atoms with Gasteiger partial charge in [-0.1, -0.05) is 146 Å². The van der Waals surface area contributed by atoms with E-state index < -0.39 is 0 Å².